The van der Waals surface area contributed by atoms with E-state index in [4.69, 9.17) is 9.84 Å². The molecule has 3 aromatic heterocycles. The average Bonchev–Trinajstić information content (AvgIpc) is 3.59. The van der Waals surface area contributed by atoms with Crippen LogP contribution in [0.1, 0.15) is 18.0 Å². The summed E-state index contributed by atoms with van der Waals surface area (Å²) in [5, 5.41) is 9.17. The minimum absolute atomic E-state index is 0.0321. The number of pyridine rings is 1. The highest BCUT2D eigenvalue weighted by atomic mass is 32.2. The summed E-state index contributed by atoms with van der Waals surface area (Å²) in [4.78, 5) is 6.22. The van der Waals surface area contributed by atoms with Gasteiger partial charge < -0.3 is 9.64 Å². The van der Waals surface area contributed by atoms with E-state index in [0.717, 1.165) is 34.6 Å². The van der Waals surface area contributed by atoms with Crippen LogP contribution in [-0.2, 0) is 21.5 Å². The van der Waals surface area contributed by atoms with Gasteiger partial charge in [0.2, 0.25) is 0 Å². The zero-order valence-corrected chi connectivity index (χ0v) is 24.5. The van der Waals surface area contributed by atoms with E-state index < -0.39 is 41.9 Å². The summed E-state index contributed by atoms with van der Waals surface area (Å²) in [7, 11) is -4.91. The summed E-state index contributed by atoms with van der Waals surface area (Å²) in [5.74, 6) is -0.893. The van der Waals surface area contributed by atoms with E-state index in [-0.39, 0.29) is 25.3 Å². The molecule has 4 heterocycles. The molecule has 4 aromatic rings. The SMILES string of the molecule is C[Si](C)(C)CCOCn1nc(N2C[C@@H](F)C[C@@H]2c2cc(F)ccc2F)c2cc(-c3cnn(S(C)(=O)=O)c3)cnc21. The van der Waals surface area contributed by atoms with Gasteiger partial charge in [-0.15, -0.1) is 0 Å². The number of rotatable bonds is 9. The third kappa shape index (κ3) is 5.93. The molecule has 1 saturated heterocycles. The molecule has 214 valence electrons. The average molecular weight is 593 g/mol. The lowest BCUT2D eigenvalue weighted by Crippen LogP contribution is -2.25. The Bertz CT molecular complexity index is 1650. The Hall–Kier alpha value is -3.23. The van der Waals surface area contributed by atoms with E-state index in [0.29, 0.717) is 34.6 Å². The Morgan fingerprint density at radius 3 is 2.60 bits per heavy atom. The van der Waals surface area contributed by atoms with Crippen molar-refractivity contribution in [2.45, 2.75) is 51.1 Å². The minimum atomic E-state index is -3.59. The number of benzene rings is 1. The van der Waals surface area contributed by atoms with E-state index in [1.54, 1.807) is 21.8 Å². The van der Waals surface area contributed by atoms with Gasteiger partial charge in [-0.3, -0.25) is 0 Å². The van der Waals surface area contributed by atoms with Gasteiger partial charge in [-0.2, -0.15) is 14.3 Å². The van der Waals surface area contributed by atoms with E-state index in [1.807, 2.05) is 0 Å². The molecular formula is C26H31F3N6O3SSi. The van der Waals surface area contributed by atoms with Gasteiger partial charge in [0.05, 0.1) is 36.6 Å². The number of hydrogen-bond acceptors (Lipinski definition) is 7. The number of hydrogen-bond donors (Lipinski definition) is 0. The number of fused-ring (bicyclic) bond motifs is 1. The van der Waals surface area contributed by atoms with Gasteiger partial charge in [0.15, 0.2) is 11.5 Å². The van der Waals surface area contributed by atoms with Crippen LogP contribution in [0, 0.1) is 11.6 Å². The van der Waals surface area contributed by atoms with Crippen LogP contribution in [0.5, 0.6) is 0 Å². The molecule has 0 saturated carbocycles. The van der Waals surface area contributed by atoms with Gasteiger partial charge in [0.25, 0.3) is 10.0 Å². The van der Waals surface area contributed by atoms with Crippen LogP contribution < -0.4 is 4.90 Å². The van der Waals surface area contributed by atoms with Crippen molar-refractivity contribution in [3.05, 3.63) is 60.1 Å². The Balaban J connectivity index is 1.58. The van der Waals surface area contributed by atoms with Gasteiger partial charge in [-0.05, 0) is 30.3 Å². The van der Waals surface area contributed by atoms with Gasteiger partial charge in [0.1, 0.15) is 24.5 Å². The molecule has 0 radical (unpaired) electrons. The molecule has 0 N–H and O–H groups in total. The molecule has 0 aliphatic carbocycles. The molecule has 1 aromatic carbocycles. The molecule has 0 spiro atoms. The highest BCUT2D eigenvalue weighted by Gasteiger charge is 2.37. The van der Waals surface area contributed by atoms with Crippen LogP contribution in [0.2, 0.25) is 25.7 Å². The zero-order valence-electron chi connectivity index (χ0n) is 22.7. The smallest absolute Gasteiger partial charge is 0.250 e. The largest absolute Gasteiger partial charge is 0.359 e. The Kier molecular flexibility index (Phi) is 7.52. The highest BCUT2D eigenvalue weighted by Crippen LogP contribution is 2.41. The highest BCUT2D eigenvalue weighted by molar-refractivity contribution is 7.89. The first-order valence-electron chi connectivity index (χ1n) is 12.9. The van der Waals surface area contributed by atoms with Crippen LogP contribution in [0.3, 0.4) is 0 Å². The van der Waals surface area contributed by atoms with Crippen molar-refractivity contribution in [2.24, 2.45) is 0 Å². The van der Waals surface area contributed by atoms with Crippen molar-refractivity contribution < 1.29 is 26.3 Å². The number of anilines is 1. The molecule has 2 atom stereocenters. The lowest BCUT2D eigenvalue weighted by atomic mass is 10.0. The maximum atomic E-state index is 14.9. The second kappa shape index (κ2) is 10.6. The predicted octanol–water partition coefficient (Wildman–Crippen LogP) is 4.98. The van der Waals surface area contributed by atoms with Crippen LogP contribution in [-0.4, -0.2) is 66.0 Å². The Morgan fingerprint density at radius 1 is 1.12 bits per heavy atom. The molecule has 5 rings (SSSR count). The van der Waals surface area contributed by atoms with Crippen LogP contribution >= 0.6 is 0 Å². The molecule has 14 heteroatoms. The number of alkyl halides is 1. The van der Waals surface area contributed by atoms with E-state index >= 15 is 0 Å². The van der Waals surface area contributed by atoms with Gasteiger partial charge in [-0.1, -0.05) is 19.6 Å². The van der Waals surface area contributed by atoms with Crippen LogP contribution in [0.4, 0.5) is 19.0 Å². The van der Waals surface area contributed by atoms with Gasteiger partial charge in [-0.25, -0.2) is 31.3 Å². The van der Waals surface area contributed by atoms with E-state index in [2.05, 4.69) is 29.7 Å². The second-order valence-corrected chi connectivity index (χ2v) is 18.8. The summed E-state index contributed by atoms with van der Waals surface area (Å²) in [6, 6.07) is 5.08. The predicted molar refractivity (Wildman–Crippen MR) is 149 cm³/mol. The van der Waals surface area contributed by atoms with Crippen molar-refractivity contribution in [3.63, 3.8) is 0 Å². The molecule has 0 amide bonds. The molecule has 0 unspecified atom stereocenters. The number of halogens is 3. The Labute approximate surface area is 231 Å². The monoisotopic (exact) mass is 592 g/mol. The van der Waals surface area contributed by atoms with E-state index in [9.17, 15) is 21.6 Å². The molecule has 40 heavy (non-hydrogen) atoms. The summed E-state index contributed by atoms with van der Waals surface area (Å²) in [6.07, 6.45) is 4.08. The van der Waals surface area contributed by atoms with Crippen molar-refractivity contribution in [1.29, 1.82) is 0 Å². The van der Waals surface area contributed by atoms with Crippen LogP contribution in [0.25, 0.3) is 22.2 Å². The van der Waals surface area contributed by atoms with Crippen molar-refractivity contribution in [1.82, 2.24) is 24.0 Å². The standard InChI is InChI=1S/C26H31F3N6O3SSi/c1-39(36,37)35-14-18(13-31-35)17-9-22-25(30-12-17)34(16-38-7-8-40(2,3)4)32-26(22)33-15-20(28)11-24(33)21-10-19(27)5-6-23(21)29/h5-6,9-10,12-14,20,24H,7-8,11,15-16H2,1-4H3/t20-,24+/m0/s1. The molecule has 1 fully saturated rings. The van der Waals surface area contributed by atoms with Gasteiger partial charge in [0, 0.05) is 44.0 Å². The molecule has 0 bridgehead atoms. The first-order valence-corrected chi connectivity index (χ1v) is 18.4. The summed E-state index contributed by atoms with van der Waals surface area (Å²) >= 11 is 0. The third-order valence-corrected chi connectivity index (χ3v) is 9.43. The molecule has 9 nitrogen and oxygen atoms in total. The fraction of sp³-hybridized carbons (Fsp3) is 0.423. The fourth-order valence-corrected chi connectivity index (χ4v) is 6.03. The third-order valence-electron chi connectivity index (χ3n) is 6.85. The molecule has 1 aliphatic rings. The normalized spacial score (nSPS) is 18.2. The van der Waals surface area contributed by atoms with Gasteiger partial charge >= 0.3 is 0 Å². The summed E-state index contributed by atoms with van der Waals surface area (Å²) < 4.78 is 76.0. The summed E-state index contributed by atoms with van der Waals surface area (Å²) in [6.45, 7) is 7.32. The first kappa shape index (κ1) is 28.3. The van der Waals surface area contributed by atoms with Crippen molar-refractivity contribution in [2.75, 3.05) is 24.3 Å². The minimum Gasteiger partial charge on any atom is -0.359 e. The maximum Gasteiger partial charge on any atom is 0.250 e. The maximum absolute atomic E-state index is 14.9. The first-order chi connectivity index (χ1) is 18.8. The number of nitrogens with zero attached hydrogens (tertiary/aromatic N) is 6. The number of aromatic nitrogens is 5. The quantitative estimate of drug-likeness (QED) is 0.200. The van der Waals surface area contributed by atoms with E-state index in [1.165, 1.54) is 12.4 Å². The molecular weight excluding hydrogens is 561 g/mol. The van der Waals surface area contributed by atoms with Crippen LogP contribution in [0.15, 0.2) is 42.9 Å². The topological polar surface area (TPSA) is 95.1 Å². The fourth-order valence-electron chi connectivity index (χ4n) is 4.75. The van der Waals surface area contributed by atoms with Crippen molar-refractivity contribution >= 4 is 34.9 Å². The Morgan fingerprint density at radius 2 is 1.90 bits per heavy atom. The second-order valence-electron chi connectivity index (χ2n) is 11.3. The zero-order chi connectivity index (χ0) is 28.8. The lowest BCUT2D eigenvalue weighted by Gasteiger charge is -2.25. The molecule has 1 aliphatic heterocycles. The van der Waals surface area contributed by atoms with Crippen molar-refractivity contribution in [3.8, 4) is 11.1 Å². The summed E-state index contributed by atoms with van der Waals surface area (Å²) in [5.41, 5.74) is 1.57. The lowest BCUT2D eigenvalue weighted by molar-refractivity contribution is 0.0814. The number of ether oxygens (including phenoxy) is 1.